The average Bonchev–Trinajstić information content (AvgIpc) is 2.75. The smallest absolute Gasteiger partial charge is 0.0726 e. The highest BCUT2D eigenvalue weighted by molar-refractivity contribution is 4.86. The van der Waals surface area contributed by atoms with E-state index in [2.05, 4.69) is 31.1 Å². The van der Waals surface area contributed by atoms with Crippen LogP contribution in [-0.4, -0.2) is 49.8 Å². The van der Waals surface area contributed by atoms with E-state index in [1.807, 2.05) is 0 Å². The van der Waals surface area contributed by atoms with E-state index in [-0.39, 0.29) is 0 Å². The Kier molecular flexibility index (Phi) is 4.22. The fraction of sp³-hybridized carbons (Fsp3) is 1.00. The van der Waals surface area contributed by atoms with Crippen molar-refractivity contribution in [1.82, 2.24) is 10.2 Å². The van der Waals surface area contributed by atoms with E-state index < -0.39 is 0 Å². The first kappa shape index (κ1) is 12.3. The molecule has 3 heteroatoms. The third kappa shape index (κ3) is 2.96. The maximum absolute atomic E-state index is 5.74. The highest BCUT2D eigenvalue weighted by atomic mass is 16.5. The normalized spacial score (nSPS) is 38.8. The average molecular weight is 226 g/mol. The van der Waals surface area contributed by atoms with Gasteiger partial charge < -0.3 is 15.0 Å². The number of nitrogens with zero attached hydrogens (tertiary/aromatic N) is 1. The molecule has 0 saturated carbocycles. The Hall–Kier alpha value is -0.120. The Labute approximate surface area is 99.5 Å². The second kappa shape index (κ2) is 5.48. The molecule has 0 aliphatic carbocycles. The Balaban J connectivity index is 1.79. The van der Waals surface area contributed by atoms with Crippen LogP contribution in [0.2, 0.25) is 0 Å². The molecule has 2 rings (SSSR count). The zero-order valence-corrected chi connectivity index (χ0v) is 10.9. The summed E-state index contributed by atoms with van der Waals surface area (Å²) in [5.41, 5.74) is 0. The molecule has 2 saturated heterocycles. The third-order valence-corrected chi connectivity index (χ3v) is 4.11. The first-order chi connectivity index (χ1) is 7.66. The van der Waals surface area contributed by atoms with Crippen LogP contribution in [0.4, 0.5) is 0 Å². The van der Waals surface area contributed by atoms with Gasteiger partial charge in [-0.3, -0.25) is 0 Å². The molecule has 2 heterocycles. The molecule has 3 nitrogen and oxygen atoms in total. The standard InChI is InChI=1S/C13H26N2O/c1-10-9-15(3)7-6-12(10)14-11(2)13-5-4-8-16-13/h10-14H,4-9H2,1-3H3. The van der Waals surface area contributed by atoms with Gasteiger partial charge in [-0.1, -0.05) is 6.92 Å². The molecule has 0 bridgehead atoms. The van der Waals surface area contributed by atoms with Crippen molar-refractivity contribution in [3.63, 3.8) is 0 Å². The number of hydrogen-bond acceptors (Lipinski definition) is 3. The minimum atomic E-state index is 0.451. The van der Waals surface area contributed by atoms with E-state index >= 15 is 0 Å². The quantitative estimate of drug-likeness (QED) is 0.789. The van der Waals surface area contributed by atoms with Crippen molar-refractivity contribution in [2.75, 3.05) is 26.7 Å². The topological polar surface area (TPSA) is 24.5 Å². The Bertz CT molecular complexity index is 216. The van der Waals surface area contributed by atoms with Crippen LogP contribution in [0.1, 0.15) is 33.1 Å². The van der Waals surface area contributed by atoms with Gasteiger partial charge in [0.15, 0.2) is 0 Å². The molecule has 4 unspecified atom stereocenters. The summed E-state index contributed by atoms with van der Waals surface area (Å²) < 4.78 is 5.74. The molecular weight excluding hydrogens is 200 g/mol. The molecule has 1 N–H and O–H groups in total. The minimum absolute atomic E-state index is 0.451. The molecule has 0 radical (unpaired) electrons. The van der Waals surface area contributed by atoms with Crippen LogP contribution >= 0.6 is 0 Å². The number of piperidine rings is 1. The molecule has 0 amide bonds. The fourth-order valence-corrected chi connectivity index (χ4v) is 3.04. The first-order valence-electron chi connectivity index (χ1n) is 6.73. The summed E-state index contributed by atoms with van der Waals surface area (Å²) in [7, 11) is 2.22. The summed E-state index contributed by atoms with van der Waals surface area (Å²) in [6.45, 7) is 8.03. The zero-order chi connectivity index (χ0) is 11.5. The lowest BCUT2D eigenvalue weighted by Crippen LogP contribution is -2.52. The Morgan fingerprint density at radius 2 is 2.19 bits per heavy atom. The zero-order valence-electron chi connectivity index (χ0n) is 10.9. The van der Waals surface area contributed by atoms with Gasteiger partial charge in [-0.2, -0.15) is 0 Å². The fourth-order valence-electron chi connectivity index (χ4n) is 3.04. The predicted molar refractivity (Wildman–Crippen MR) is 66.6 cm³/mol. The molecular formula is C13H26N2O. The largest absolute Gasteiger partial charge is 0.377 e. The van der Waals surface area contributed by atoms with Gasteiger partial charge in [-0.25, -0.2) is 0 Å². The lowest BCUT2D eigenvalue weighted by atomic mass is 9.93. The van der Waals surface area contributed by atoms with E-state index in [0.717, 1.165) is 12.5 Å². The molecule has 0 spiro atoms. The third-order valence-electron chi connectivity index (χ3n) is 4.11. The van der Waals surface area contributed by atoms with Crippen molar-refractivity contribution in [2.45, 2.75) is 51.3 Å². The molecule has 4 atom stereocenters. The molecule has 0 aromatic heterocycles. The summed E-state index contributed by atoms with van der Waals surface area (Å²) in [5.74, 6) is 0.752. The second-order valence-corrected chi connectivity index (χ2v) is 5.64. The van der Waals surface area contributed by atoms with E-state index in [1.54, 1.807) is 0 Å². The van der Waals surface area contributed by atoms with Crippen LogP contribution in [0.3, 0.4) is 0 Å². The van der Waals surface area contributed by atoms with Gasteiger partial charge in [-0.05, 0) is 45.7 Å². The van der Waals surface area contributed by atoms with Gasteiger partial charge in [0.1, 0.15) is 0 Å². The summed E-state index contributed by atoms with van der Waals surface area (Å²) >= 11 is 0. The first-order valence-corrected chi connectivity index (χ1v) is 6.73. The van der Waals surface area contributed by atoms with Crippen LogP contribution in [0.5, 0.6) is 0 Å². The van der Waals surface area contributed by atoms with E-state index in [4.69, 9.17) is 4.74 Å². The molecule has 0 aromatic carbocycles. The van der Waals surface area contributed by atoms with Crippen LogP contribution in [-0.2, 0) is 4.74 Å². The number of hydrogen-bond donors (Lipinski definition) is 1. The highest BCUT2D eigenvalue weighted by Gasteiger charge is 2.29. The second-order valence-electron chi connectivity index (χ2n) is 5.64. The van der Waals surface area contributed by atoms with Crippen molar-refractivity contribution >= 4 is 0 Å². The summed E-state index contributed by atoms with van der Waals surface area (Å²) in [4.78, 5) is 2.43. The molecule has 16 heavy (non-hydrogen) atoms. The van der Waals surface area contributed by atoms with Crippen molar-refractivity contribution in [2.24, 2.45) is 5.92 Å². The van der Waals surface area contributed by atoms with Crippen molar-refractivity contribution in [1.29, 1.82) is 0 Å². The molecule has 0 aromatic rings. The number of likely N-dealkylation sites (tertiary alicyclic amines) is 1. The summed E-state index contributed by atoms with van der Waals surface area (Å²) in [6, 6.07) is 1.19. The minimum Gasteiger partial charge on any atom is -0.377 e. The van der Waals surface area contributed by atoms with Crippen LogP contribution < -0.4 is 5.32 Å². The van der Waals surface area contributed by atoms with Gasteiger partial charge in [-0.15, -0.1) is 0 Å². The Morgan fingerprint density at radius 1 is 1.38 bits per heavy atom. The van der Waals surface area contributed by atoms with Crippen LogP contribution in [0.25, 0.3) is 0 Å². The van der Waals surface area contributed by atoms with E-state index in [1.165, 1.54) is 32.4 Å². The monoisotopic (exact) mass is 226 g/mol. The maximum atomic E-state index is 5.74. The van der Waals surface area contributed by atoms with Gasteiger partial charge in [0.05, 0.1) is 6.10 Å². The lowest BCUT2D eigenvalue weighted by molar-refractivity contribution is 0.0687. The molecule has 94 valence electrons. The lowest BCUT2D eigenvalue weighted by Gasteiger charge is -2.37. The van der Waals surface area contributed by atoms with Gasteiger partial charge in [0, 0.05) is 25.2 Å². The number of nitrogens with one attached hydrogen (secondary N) is 1. The van der Waals surface area contributed by atoms with Crippen molar-refractivity contribution in [3.05, 3.63) is 0 Å². The molecule has 2 aliphatic heterocycles. The van der Waals surface area contributed by atoms with Crippen LogP contribution in [0.15, 0.2) is 0 Å². The van der Waals surface area contributed by atoms with Gasteiger partial charge >= 0.3 is 0 Å². The summed E-state index contributed by atoms with van der Waals surface area (Å²) in [6.07, 6.45) is 4.19. The SMILES string of the molecule is CC1CN(C)CCC1NC(C)C1CCCO1. The van der Waals surface area contributed by atoms with Crippen molar-refractivity contribution in [3.8, 4) is 0 Å². The van der Waals surface area contributed by atoms with E-state index in [9.17, 15) is 0 Å². The molecule has 2 fully saturated rings. The predicted octanol–water partition coefficient (Wildman–Crippen LogP) is 1.48. The summed E-state index contributed by atoms with van der Waals surface area (Å²) in [5, 5.41) is 3.78. The van der Waals surface area contributed by atoms with Gasteiger partial charge in [0.2, 0.25) is 0 Å². The molecule has 2 aliphatic rings. The maximum Gasteiger partial charge on any atom is 0.0726 e. The van der Waals surface area contributed by atoms with Crippen LogP contribution in [0, 0.1) is 5.92 Å². The Morgan fingerprint density at radius 3 is 2.81 bits per heavy atom. The number of ether oxygens (including phenoxy) is 1. The van der Waals surface area contributed by atoms with E-state index in [0.29, 0.717) is 18.2 Å². The highest BCUT2D eigenvalue weighted by Crippen LogP contribution is 2.20. The number of rotatable bonds is 3. The van der Waals surface area contributed by atoms with Gasteiger partial charge in [0.25, 0.3) is 0 Å². The van der Waals surface area contributed by atoms with Crippen molar-refractivity contribution < 1.29 is 4.74 Å².